The van der Waals surface area contributed by atoms with Gasteiger partial charge in [-0.15, -0.1) is 13.2 Å². The van der Waals surface area contributed by atoms with Crippen LogP contribution in [0.5, 0.6) is 5.75 Å². The van der Waals surface area contributed by atoms with Crippen molar-refractivity contribution in [3.63, 3.8) is 0 Å². The van der Waals surface area contributed by atoms with E-state index in [1.54, 1.807) is 30.3 Å². The van der Waals surface area contributed by atoms with Crippen LogP contribution in [0.4, 0.5) is 5.69 Å². The topological polar surface area (TPSA) is 75.7 Å². The highest BCUT2D eigenvalue weighted by Gasteiger charge is 2.22. The van der Waals surface area contributed by atoms with E-state index in [2.05, 4.69) is 41.3 Å². The first-order valence-electron chi connectivity index (χ1n) is 10.9. The fourth-order valence-electron chi connectivity index (χ4n) is 3.09. The van der Waals surface area contributed by atoms with Crippen molar-refractivity contribution >= 4 is 37.5 Å². The van der Waals surface area contributed by atoms with Crippen molar-refractivity contribution in [1.29, 1.82) is 0 Å². The van der Waals surface area contributed by atoms with Gasteiger partial charge in [-0.2, -0.15) is 4.31 Å². The Labute approximate surface area is 205 Å². The highest BCUT2D eigenvalue weighted by atomic mass is 79.9. The summed E-state index contributed by atoms with van der Waals surface area (Å²) in [5, 5.41) is 2.79. The van der Waals surface area contributed by atoms with E-state index in [1.807, 2.05) is 0 Å². The van der Waals surface area contributed by atoms with Crippen LogP contribution in [-0.2, 0) is 10.0 Å². The van der Waals surface area contributed by atoms with Gasteiger partial charge in [0.25, 0.3) is 5.91 Å². The molecule has 6 nitrogen and oxygen atoms in total. The number of amides is 1. The molecule has 0 bridgehead atoms. The summed E-state index contributed by atoms with van der Waals surface area (Å²) in [7, 11) is -3.69. The summed E-state index contributed by atoms with van der Waals surface area (Å²) in [5.74, 6) is 0.391. The minimum absolute atomic E-state index is 0.132. The summed E-state index contributed by atoms with van der Waals surface area (Å²) in [6.45, 7) is 10.4. The average molecular weight is 536 g/mol. The molecule has 0 fully saturated rings. The molecule has 0 aromatic heterocycles. The van der Waals surface area contributed by atoms with Crippen LogP contribution in [0, 0.1) is 0 Å². The number of hydrogen-bond donors (Lipinski definition) is 1. The number of rotatable bonds is 14. The van der Waals surface area contributed by atoms with Crippen LogP contribution in [0.2, 0.25) is 0 Å². The van der Waals surface area contributed by atoms with Crippen molar-refractivity contribution in [2.24, 2.45) is 0 Å². The largest absolute Gasteiger partial charge is 0.492 e. The molecule has 0 heterocycles. The second-order valence-corrected chi connectivity index (χ2v) is 10.2. The van der Waals surface area contributed by atoms with Crippen molar-refractivity contribution in [3.05, 3.63) is 77.8 Å². The second kappa shape index (κ2) is 13.3. The number of carbonyl (C=O) groups is 1. The highest BCUT2D eigenvalue weighted by molar-refractivity contribution is 9.10. The molecule has 0 aliphatic rings. The monoisotopic (exact) mass is 534 g/mol. The zero-order valence-electron chi connectivity index (χ0n) is 18.9. The Hall–Kier alpha value is -2.42. The molecule has 2 aromatic rings. The molecule has 0 saturated heterocycles. The van der Waals surface area contributed by atoms with Crippen molar-refractivity contribution in [1.82, 2.24) is 4.31 Å². The normalized spacial score (nSPS) is 11.2. The Balaban J connectivity index is 2.03. The summed E-state index contributed by atoms with van der Waals surface area (Å²) in [6.07, 6.45) is 7.54. The van der Waals surface area contributed by atoms with E-state index < -0.39 is 10.0 Å². The molecule has 0 atom stereocenters. The quantitative estimate of drug-likeness (QED) is 0.237. The van der Waals surface area contributed by atoms with Crippen molar-refractivity contribution < 1.29 is 17.9 Å². The molecule has 1 amide bonds. The van der Waals surface area contributed by atoms with Gasteiger partial charge in [-0.25, -0.2) is 8.42 Å². The molecule has 0 radical (unpaired) electrons. The predicted octanol–water partition coefficient (Wildman–Crippen LogP) is 6.02. The molecular formula is C25H31BrN2O4S. The first-order valence-corrected chi connectivity index (χ1v) is 13.1. The van der Waals surface area contributed by atoms with Gasteiger partial charge < -0.3 is 10.1 Å². The van der Waals surface area contributed by atoms with Crippen molar-refractivity contribution in [2.45, 2.75) is 37.5 Å². The SMILES string of the molecule is C=CCN(CC=C)S(=O)(=O)c1ccc(NC(=O)c2ccc(OCCCCCC)c(Br)c2)cc1. The van der Waals surface area contributed by atoms with E-state index in [0.29, 0.717) is 28.1 Å². The third kappa shape index (κ3) is 7.84. The zero-order valence-corrected chi connectivity index (χ0v) is 21.3. The first-order chi connectivity index (χ1) is 15.8. The van der Waals surface area contributed by atoms with E-state index in [-0.39, 0.29) is 23.9 Å². The van der Waals surface area contributed by atoms with Crippen LogP contribution in [0.15, 0.2) is 77.1 Å². The van der Waals surface area contributed by atoms with Gasteiger partial charge in [0, 0.05) is 24.3 Å². The van der Waals surface area contributed by atoms with E-state index >= 15 is 0 Å². The predicted molar refractivity (Wildman–Crippen MR) is 137 cm³/mol. The molecule has 0 spiro atoms. The molecule has 2 aromatic carbocycles. The molecule has 33 heavy (non-hydrogen) atoms. The Kier molecular flexibility index (Phi) is 10.8. The smallest absolute Gasteiger partial charge is 0.255 e. The number of halogens is 1. The lowest BCUT2D eigenvalue weighted by molar-refractivity contribution is 0.102. The van der Waals surface area contributed by atoms with Gasteiger partial charge in [0.15, 0.2) is 0 Å². The maximum atomic E-state index is 12.8. The van der Waals surface area contributed by atoms with Crippen LogP contribution in [0.1, 0.15) is 43.0 Å². The van der Waals surface area contributed by atoms with Gasteiger partial charge in [-0.3, -0.25) is 4.79 Å². The van der Waals surface area contributed by atoms with E-state index in [1.165, 1.54) is 41.4 Å². The molecule has 0 aliphatic heterocycles. The van der Waals surface area contributed by atoms with Crippen LogP contribution in [0.3, 0.4) is 0 Å². The molecule has 1 N–H and O–H groups in total. The van der Waals surface area contributed by atoms with Gasteiger partial charge in [-0.05, 0) is 64.8 Å². The average Bonchev–Trinajstić information content (AvgIpc) is 2.80. The number of benzene rings is 2. The van der Waals surface area contributed by atoms with Crippen LogP contribution >= 0.6 is 15.9 Å². The standard InChI is InChI=1S/C25H31BrN2O4S/c1-4-7-8-9-18-32-24-15-10-20(19-23(24)26)25(29)27-21-11-13-22(14-12-21)33(30,31)28(16-5-2)17-6-3/h5-6,10-15,19H,2-4,7-9,16-18H2,1H3,(H,27,29). The van der Waals surface area contributed by atoms with E-state index in [0.717, 1.165) is 12.8 Å². The molecule has 178 valence electrons. The number of nitrogens with one attached hydrogen (secondary N) is 1. The fourth-order valence-corrected chi connectivity index (χ4v) is 4.97. The van der Waals surface area contributed by atoms with Crippen LogP contribution < -0.4 is 10.1 Å². The number of hydrogen-bond acceptors (Lipinski definition) is 4. The van der Waals surface area contributed by atoms with E-state index in [4.69, 9.17) is 4.74 Å². The molecular weight excluding hydrogens is 504 g/mol. The molecule has 8 heteroatoms. The minimum Gasteiger partial charge on any atom is -0.492 e. The maximum absolute atomic E-state index is 12.8. The summed E-state index contributed by atoms with van der Waals surface area (Å²) < 4.78 is 33.3. The number of carbonyl (C=O) groups excluding carboxylic acids is 1. The zero-order chi connectivity index (χ0) is 24.3. The lowest BCUT2D eigenvalue weighted by atomic mass is 10.2. The molecule has 0 aliphatic carbocycles. The Morgan fingerprint density at radius 2 is 1.73 bits per heavy atom. The Bertz CT molecular complexity index is 1040. The summed E-state index contributed by atoms with van der Waals surface area (Å²) in [4.78, 5) is 12.8. The third-order valence-electron chi connectivity index (χ3n) is 4.86. The van der Waals surface area contributed by atoms with Crippen molar-refractivity contribution in [3.8, 4) is 5.75 Å². The van der Waals surface area contributed by atoms with Gasteiger partial charge >= 0.3 is 0 Å². The van der Waals surface area contributed by atoms with Crippen LogP contribution in [0.25, 0.3) is 0 Å². The van der Waals surface area contributed by atoms with E-state index in [9.17, 15) is 13.2 Å². The summed E-state index contributed by atoms with van der Waals surface area (Å²) in [5.41, 5.74) is 0.949. The molecule has 0 saturated carbocycles. The summed E-state index contributed by atoms with van der Waals surface area (Å²) in [6, 6.07) is 11.2. The van der Waals surface area contributed by atoms with Crippen LogP contribution in [-0.4, -0.2) is 38.3 Å². The number of nitrogens with zero attached hydrogens (tertiary/aromatic N) is 1. The number of anilines is 1. The Morgan fingerprint density at radius 1 is 1.06 bits per heavy atom. The third-order valence-corrected chi connectivity index (χ3v) is 7.33. The number of unbranched alkanes of at least 4 members (excludes halogenated alkanes) is 3. The first kappa shape index (κ1) is 26.8. The number of ether oxygens (including phenoxy) is 1. The number of sulfonamides is 1. The Morgan fingerprint density at radius 3 is 2.30 bits per heavy atom. The molecule has 2 rings (SSSR count). The van der Waals surface area contributed by atoms with Gasteiger partial charge in [0.2, 0.25) is 10.0 Å². The molecule has 0 unspecified atom stereocenters. The second-order valence-electron chi connectivity index (χ2n) is 7.43. The van der Waals surface area contributed by atoms with Gasteiger partial charge in [0.1, 0.15) is 5.75 Å². The highest BCUT2D eigenvalue weighted by Crippen LogP contribution is 2.27. The van der Waals surface area contributed by atoms with Crippen molar-refractivity contribution in [2.75, 3.05) is 25.0 Å². The van der Waals surface area contributed by atoms with Gasteiger partial charge in [0.05, 0.1) is 16.0 Å². The fraction of sp³-hybridized carbons (Fsp3) is 0.320. The van der Waals surface area contributed by atoms with Gasteiger partial charge in [-0.1, -0.05) is 38.3 Å². The summed E-state index contributed by atoms with van der Waals surface area (Å²) >= 11 is 3.46. The maximum Gasteiger partial charge on any atom is 0.255 e. The lowest BCUT2D eigenvalue weighted by Gasteiger charge is -2.19. The minimum atomic E-state index is -3.69. The lowest BCUT2D eigenvalue weighted by Crippen LogP contribution is -2.31.